The number of carboxylic acids is 1. The molecular formula is C25H49NO3. The van der Waals surface area contributed by atoms with Crippen LogP contribution in [0, 0.1) is 5.92 Å². The Balaban J connectivity index is 3.61. The van der Waals surface area contributed by atoms with E-state index in [1.165, 1.54) is 70.6 Å². The normalized spacial score (nSPS) is 12.3. The van der Waals surface area contributed by atoms with E-state index in [2.05, 4.69) is 26.1 Å². The maximum absolute atomic E-state index is 12.2. The average molecular weight is 412 g/mol. The highest BCUT2D eigenvalue weighted by atomic mass is 16.4. The lowest BCUT2D eigenvalue weighted by atomic mass is 9.98. The van der Waals surface area contributed by atoms with Crippen molar-refractivity contribution < 1.29 is 14.7 Å². The topological polar surface area (TPSA) is 66.4 Å². The molecule has 1 amide bonds. The zero-order valence-corrected chi connectivity index (χ0v) is 19.6. The van der Waals surface area contributed by atoms with E-state index in [0.29, 0.717) is 18.8 Å². The molecule has 0 saturated carbocycles. The van der Waals surface area contributed by atoms with E-state index in [1.807, 2.05) is 0 Å². The molecule has 0 aromatic heterocycles. The third-order valence-corrected chi connectivity index (χ3v) is 5.57. The smallest absolute Gasteiger partial charge is 0.303 e. The molecule has 172 valence electrons. The van der Waals surface area contributed by atoms with Crippen molar-refractivity contribution in [1.82, 2.24) is 5.32 Å². The van der Waals surface area contributed by atoms with E-state index in [4.69, 9.17) is 5.11 Å². The van der Waals surface area contributed by atoms with Crippen LogP contribution in [-0.4, -0.2) is 23.0 Å². The van der Waals surface area contributed by atoms with Crippen LogP contribution in [0.2, 0.25) is 0 Å². The maximum atomic E-state index is 12.2. The number of amides is 1. The highest BCUT2D eigenvalue weighted by Crippen LogP contribution is 2.14. The van der Waals surface area contributed by atoms with Crippen LogP contribution in [-0.2, 0) is 9.59 Å². The van der Waals surface area contributed by atoms with E-state index in [0.717, 1.165) is 25.7 Å². The van der Waals surface area contributed by atoms with Gasteiger partial charge in [0, 0.05) is 18.9 Å². The summed E-state index contributed by atoms with van der Waals surface area (Å²) in [7, 11) is 0. The standard InChI is InChI=1S/C25H49NO3/c1-4-5-6-7-8-9-10-11-12-13-14-15-16-19-24(27)26-23(21-22(2)3)18-17-20-25(28)29/h22-23H,4-21H2,1-3H3,(H,26,27)(H,28,29)/t23-/m0/s1. The van der Waals surface area contributed by atoms with Crippen LogP contribution in [0.15, 0.2) is 0 Å². The Bertz CT molecular complexity index is 396. The molecule has 0 heterocycles. The Hall–Kier alpha value is -1.06. The number of carbonyl (C=O) groups is 2. The van der Waals surface area contributed by atoms with Gasteiger partial charge in [-0.05, 0) is 31.6 Å². The van der Waals surface area contributed by atoms with E-state index in [1.54, 1.807) is 0 Å². The molecule has 0 aromatic rings. The molecule has 0 aromatic carbocycles. The van der Waals surface area contributed by atoms with E-state index >= 15 is 0 Å². The van der Waals surface area contributed by atoms with Gasteiger partial charge in [0.1, 0.15) is 0 Å². The molecule has 0 rings (SSSR count). The zero-order chi connectivity index (χ0) is 21.7. The van der Waals surface area contributed by atoms with Crippen LogP contribution in [0.3, 0.4) is 0 Å². The number of carbonyl (C=O) groups excluding carboxylic acids is 1. The molecule has 2 N–H and O–H groups in total. The molecule has 4 heteroatoms. The van der Waals surface area contributed by atoms with Gasteiger partial charge in [-0.3, -0.25) is 9.59 Å². The largest absolute Gasteiger partial charge is 0.481 e. The lowest BCUT2D eigenvalue weighted by molar-refractivity contribution is -0.137. The van der Waals surface area contributed by atoms with E-state index in [9.17, 15) is 9.59 Å². The van der Waals surface area contributed by atoms with Gasteiger partial charge in [-0.1, -0.05) is 97.8 Å². The minimum Gasteiger partial charge on any atom is -0.481 e. The fourth-order valence-corrected chi connectivity index (χ4v) is 3.92. The number of hydrogen-bond acceptors (Lipinski definition) is 2. The summed E-state index contributed by atoms with van der Waals surface area (Å²) in [6.07, 6.45) is 20.1. The number of nitrogens with one attached hydrogen (secondary N) is 1. The van der Waals surface area contributed by atoms with Crippen molar-refractivity contribution in [2.45, 2.75) is 142 Å². The molecule has 29 heavy (non-hydrogen) atoms. The average Bonchev–Trinajstić information content (AvgIpc) is 2.64. The lowest BCUT2D eigenvalue weighted by Gasteiger charge is -2.20. The number of aliphatic carboxylic acids is 1. The van der Waals surface area contributed by atoms with Gasteiger partial charge in [-0.15, -0.1) is 0 Å². The predicted octanol–water partition coefficient (Wildman–Crippen LogP) is 7.25. The monoisotopic (exact) mass is 411 g/mol. The van der Waals surface area contributed by atoms with Crippen LogP contribution in [0.5, 0.6) is 0 Å². The van der Waals surface area contributed by atoms with Crippen LogP contribution in [0.25, 0.3) is 0 Å². The maximum Gasteiger partial charge on any atom is 0.303 e. The van der Waals surface area contributed by atoms with Gasteiger partial charge in [0.05, 0.1) is 0 Å². The van der Waals surface area contributed by atoms with Crippen LogP contribution in [0.1, 0.15) is 136 Å². The molecule has 1 atom stereocenters. The van der Waals surface area contributed by atoms with Crippen LogP contribution < -0.4 is 5.32 Å². The van der Waals surface area contributed by atoms with E-state index < -0.39 is 5.97 Å². The number of carboxylic acid groups (broad SMARTS) is 1. The van der Waals surface area contributed by atoms with Gasteiger partial charge in [0.15, 0.2) is 0 Å². The summed E-state index contributed by atoms with van der Waals surface area (Å²) in [6, 6.07) is 0.115. The quantitative estimate of drug-likeness (QED) is 0.195. The van der Waals surface area contributed by atoms with Crippen molar-refractivity contribution in [2.75, 3.05) is 0 Å². The summed E-state index contributed by atoms with van der Waals surface area (Å²) < 4.78 is 0. The third kappa shape index (κ3) is 21.5. The molecule has 4 nitrogen and oxygen atoms in total. The van der Waals surface area contributed by atoms with Crippen molar-refractivity contribution in [3.8, 4) is 0 Å². The SMILES string of the molecule is CCCCCCCCCCCCCCCC(=O)N[C@@H](CCCC(=O)O)CC(C)C. The fraction of sp³-hybridized carbons (Fsp3) is 0.920. The molecule has 0 spiro atoms. The second kappa shape index (κ2) is 20.2. The Morgan fingerprint density at radius 1 is 0.724 bits per heavy atom. The van der Waals surface area contributed by atoms with Crippen molar-refractivity contribution in [2.24, 2.45) is 5.92 Å². The highest BCUT2D eigenvalue weighted by molar-refractivity contribution is 5.76. The van der Waals surface area contributed by atoms with E-state index in [-0.39, 0.29) is 18.4 Å². The molecule has 0 radical (unpaired) electrons. The second-order valence-electron chi connectivity index (χ2n) is 9.17. The van der Waals surface area contributed by atoms with Crippen molar-refractivity contribution in [3.63, 3.8) is 0 Å². The predicted molar refractivity (Wildman–Crippen MR) is 123 cm³/mol. The van der Waals surface area contributed by atoms with Crippen molar-refractivity contribution in [3.05, 3.63) is 0 Å². The first-order valence-corrected chi connectivity index (χ1v) is 12.5. The third-order valence-electron chi connectivity index (χ3n) is 5.57. The second-order valence-corrected chi connectivity index (χ2v) is 9.17. The van der Waals surface area contributed by atoms with Crippen molar-refractivity contribution >= 4 is 11.9 Å². The Kier molecular flexibility index (Phi) is 19.5. The Morgan fingerprint density at radius 2 is 1.21 bits per heavy atom. The summed E-state index contributed by atoms with van der Waals surface area (Å²) in [5, 5.41) is 11.9. The molecule has 0 aliphatic heterocycles. The van der Waals surface area contributed by atoms with Gasteiger partial charge in [0.2, 0.25) is 5.91 Å². The summed E-state index contributed by atoms with van der Waals surface area (Å²) >= 11 is 0. The molecule has 0 aliphatic carbocycles. The number of hydrogen-bond donors (Lipinski definition) is 2. The Morgan fingerprint density at radius 3 is 1.66 bits per heavy atom. The molecular weight excluding hydrogens is 362 g/mol. The molecule has 0 unspecified atom stereocenters. The van der Waals surface area contributed by atoms with Gasteiger partial charge >= 0.3 is 5.97 Å². The molecule has 0 fully saturated rings. The molecule has 0 bridgehead atoms. The summed E-state index contributed by atoms with van der Waals surface area (Å²) in [5.41, 5.74) is 0. The zero-order valence-electron chi connectivity index (χ0n) is 19.6. The van der Waals surface area contributed by atoms with Crippen LogP contribution in [0.4, 0.5) is 0 Å². The first-order valence-electron chi connectivity index (χ1n) is 12.5. The molecule has 0 saturated heterocycles. The van der Waals surface area contributed by atoms with Gasteiger partial charge in [-0.2, -0.15) is 0 Å². The highest BCUT2D eigenvalue weighted by Gasteiger charge is 2.14. The van der Waals surface area contributed by atoms with Gasteiger partial charge in [-0.25, -0.2) is 0 Å². The Labute approximate surface area is 180 Å². The number of unbranched alkanes of at least 4 members (excludes halogenated alkanes) is 12. The first kappa shape index (κ1) is 27.9. The first-order chi connectivity index (χ1) is 14.0. The van der Waals surface area contributed by atoms with Crippen LogP contribution >= 0.6 is 0 Å². The minimum absolute atomic E-state index is 0.115. The summed E-state index contributed by atoms with van der Waals surface area (Å²) in [6.45, 7) is 6.55. The lowest BCUT2D eigenvalue weighted by Crippen LogP contribution is -2.35. The molecule has 0 aliphatic rings. The van der Waals surface area contributed by atoms with Gasteiger partial charge in [0.25, 0.3) is 0 Å². The van der Waals surface area contributed by atoms with Crippen molar-refractivity contribution in [1.29, 1.82) is 0 Å². The van der Waals surface area contributed by atoms with Gasteiger partial charge < -0.3 is 10.4 Å². The number of rotatable bonds is 21. The summed E-state index contributed by atoms with van der Waals surface area (Å²) in [5.74, 6) is -0.123. The minimum atomic E-state index is -0.758. The summed E-state index contributed by atoms with van der Waals surface area (Å²) in [4.78, 5) is 22.9. The fourth-order valence-electron chi connectivity index (χ4n) is 3.92.